The topological polar surface area (TPSA) is 90.9 Å². The molecular weight excluding hydrogens is 436 g/mol. The lowest BCUT2D eigenvalue weighted by molar-refractivity contribution is -0.121. The molecule has 1 fully saturated rings. The fourth-order valence-corrected chi connectivity index (χ4v) is 4.97. The summed E-state index contributed by atoms with van der Waals surface area (Å²) in [4.78, 5) is 43.5. The van der Waals surface area contributed by atoms with Crippen LogP contribution in [0.1, 0.15) is 53.7 Å². The van der Waals surface area contributed by atoms with Crippen molar-refractivity contribution in [2.45, 2.75) is 44.4 Å². The summed E-state index contributed by atoms with van der Waals surface area (Å²) in [6.45, 7) is 5.80. The van der Waals surface area contributed by atoms with Gasteiger partial charge in [-0.3, -0.25) is 14.4 Å². The number of amidine groups is 1. The lowest BCUT2D eigenvalue weighted by atomic mass is 10.1. The van der Waals surface area contributed by atoms with Crippen LogP contribution in [0.2, 0.25) is 0 Å². The number of carbonyl (C=O) groups excluding carboxylic acids is 3. The number of amides is 3. The predicted octanol–water partition coefficient (Wildman–Crippen LogP) is 3.91. The minimum absolute atomic E-state index is 0.0701. The Morgan fingerprint density at radius 1 is 1.09 bits per heavy atom. The van der Waals surface area contributed by atoms with Crippen LogP contribution < -0.4 is 10.6 Å². The molecule has 2 heterocycles. The van der Waals surface area contributed by atoms with Crippen LogP contribution in [-0.4, -0.2) is 46.1 Å². The van der Waals surface area contributed by atoms with Gasteiger partial charge in [0.1, 0.15) is 5.25 Å². The molecule has 0 aromatic heterocycles. The second-order valence-corrected chi connectivity index (χ2v) is 9.64. The van der Waals surface area contributed by atoms with E-state index < -0.39 is 5.25 Å². The highest BCUT2D eigenvalue weighted by atomic mass is 32.2. The molecule has 2 N–H and O–H groups in total. The minimum atomic E-state index is -0.478. The van der Waals surface area contributed by atoms with E-state index in [1.807, 2.05) is 38.1 Å². The van der Waals surface area contributed by atoms with Crippen molar-refractivity contribution in [3.05, 3.63) is 65.2 Å². The summed E-state index contributed by atoms with van der Waals surface area (Å²) < 4.78 is 0. The highest BCUT2D eigenvalue weighted by Gasteiger charge is 2.33. The van der Waals surface area contributed by atoms with Crippen LogP contribution in [0.5, 0.6) is 0 Å². The Morgan fingerprint density at radius 3 is 2.42 bits per heavy atom. The summed E-state index contributed by atoms with van der Waals surface area (Å²) in [5.41, 5.74) is 3.30. The molecule has 0 spiro atoms. The van der Waals surface area contributed by atoms with Gasteiger partial charge in [-0.05, 0) is 56.5 Å². The highest BCUT2D eigenvalue weighted by molar-refractivity contribution is 8.15. The largest absolute Gasteiger partial charge is 0.351 e. The number of nitrogens with one attached hydrogen (secondary N) is 2. The van der Waals surface area contributed by atoms with E-state index in [0.717, 1.165) is 36.7 Å². The molecule has 0 aliphatic carbocycles. The summed E-state index contributed by atoms with van der Waals surface area (Å²) >= 11 is 1.38. The number of thioether (sulfide) groups is 1. The van der Waals surface area contributed by atoms with Gasteiger partial charge in [-0.15, -0.1) is 0 Å². The van der Waals surface area contributed by atoms with Gasteiger partial charge in [-0.2, -0.15) is 4.99 Å². The van der Waals surface area contributed by atoms with Gasteiger partial charge >= 0.3 is 0 Å². The van der Waals surface area contributed by atoms with E-state index in [2.05, 4.69) is 20.5 Å². The van der Waals surface area contributed by atoms with E-state index in [-0.39, 0.29) is 30.2 Å². The van der Waals surface area contributed by atoms with Crippen molar-refractivity contribution in [3.8, 4) is 0 Å². The van der Waals surface area contributed by atoms with E-state index in [1.165, 1.54) is 17.3 Å². The SMILES string of the molecule is Cc1ccc(C(C)NC(=O)c2ccc(NC(=O)CC3SC(N4CCCC4)=NC3=O)cc2)cc1. The number of hydrogen-bond donors (Lipinski definition) is 2. The van der Waals surface area contributed by atoms with Gasteiger partial charge in [-0.25, -0.2) is 0 Å². The third-order valence-electron chi connectivity index (χ3n) is 5.83. The summed E-state index contributed by atoms with van der Waals surface area (Å²) in [6, 6.07) is 14.7. The number of nitrogens with zero attached hydrogens (tertiary/aromatic N) is 2. The Labute approximate surface area is 198 Å². The second-order valence-electron chi connectivity index (χ2n) is 8.47. The molecule has 172 valence electrons. The first kappa shape index (κ1) is 23.0. The average molecular weight is 465 g/mol. The van der Waals surface area contributed by atoms with Crippen LogP contribution in [-0.2, 0) is 9.59 Å². The van der Waals surface area contributed by atoms with Crippen LogP contribution in [0.3, 0.4) is 0 Å². The highest BCUT2D eigenvalue weighted by Crippen LogP contribution is 2.29. The van der Waals surface area contributed by atoms with Gasteiger partial charge in [0.2, 0.25) is 5.91 Å². The van der Waals surface area contributed by atoms with Crippen LogP contribution >= 0.6 is 11.8 Å². The van der Waals surface area contributed by atoms with Crippen molar-refractivity contribution in [2.24, 2.45) is 4.99 Å². The van der Waals surface area contributed by atoms with Gasteiger partial charge < -0.3 is 15.5 Å². The number of benzene rings is 2. The fourth-order valence-electron chi connectivity index (χ4n) is 3.86. The first-order chi connectivity index (χ1) is 15.9. The zero-order valence-corrected chi connectivity index (χ0v) is 19.7. The van der Waals surface area contributed by atoms with Gasteiger partial charge in [0, 0.05) is 30.8 Å². The van der Waals surface area contributed by atoms with Crippen LogP contribution in [0.15, 0.2) is 53.5 Å². The zero-order chi connectivity index (χ0) is 23.4. The molecule has 7 nitrogen and oxygen atoms in total. The fraction of sp³-hybridized carbons (Fsp3) is 0.360. The Hall–Kier alpha value is -3.13. The van der Waals surface area contributed by atoms with Gasteiger partial charge in [0.25, 0.3) is 11.8 Å². The molecular formula is C25H28N4O3S. The molecule has 2 aliphatic heterocycles. The van der Waals surface area contributed by atoms with Crippen molar-refractivity contribution in [2.75, 3.05) is 18.4 Å². The Balaban J connectivity index is 1.27. The quantitative estimate of drug-likeness (QED) is 0.677. The molecule has 0 saturated carbocycles. The van der Waals surface area contributed by atoms with E-state index in [9.17, 15) is 14.4 Å². The van der Waals surface area contributed by atoms with E-state index >= 15 is 0 Å². The number of carbonyl (C=O) groups is 3. The Bertz CT molecular complexity index is 1060. The minimum Gasteiger partial charge on any atom is -0.351 e. The second kappa shape index (κ2) is 10.2. The molecule has 8 heteroatoms. The lowest BCUT2D eigenvalue weighted by Crippen LogP contribution is -2.26. The number of aliphatic imine (C=N–C) groups is 1. The average Bonchev–Trinajstić information content (AvgIpc) is 3.45. The zero-order valence-electron chi connectivity index (χ0n) is 18.8. The van der Waals surface area contributed by atoms with E-state index in [1.54, 1.807) is 24.3 Å². The summed E-state index contributed by atoms with van der Waals surface area (Å²) in [7, 11) is 0. The standard InChI is InChI=1S/C25H28N4O3S/c1-16-5-7-18(8-6-16)17(2)26-23(31)19-9-11-20(12-10-19)27-22(30)15-21-24(32)28-25(33-21)29-13-3-4-14-29/h5-12,17,21H,3-4,13-15H2,1-2H3,(H,26,31)(H,27,30). The Kier molecular flexibility index (Phi) is 7.13. The molecule has 1 saturated heterocycles. The number of anilines is 1. The van der Waals surface area contributed by atoms with Crippen LogP contribution in [0.25, 0.3) is 0 Å². The monoisotopic (exact) mass is 464 g/mol. The van der Waals surface area contributed by atoms with Crippen molar-refractivity contribution in [1.82, 2.24) is 10.2 Å². The molecule has 2 unspecified atom stereocenters. The third-order valence-corrected chi connectivity index (χ3v) is 7.05. The number of hydrogen-bond acceptors (Lipinski definition) is 5. The molecule has 2 aromatic carbocycles. The van der Waals surface area contributed by atoms with Gasteiger partial charge in [0.05, 0.1) is 6.04 Å². The molecule has 0 radical (unpaired) electrons. The van der Waals surface area contributed by atoms with Gasteiger partial charge in [-0.1, -0.05) is 41.6 Å². The first-order valence-corrected chi connectivity index (χ1v) is 12.1. The lowest BCUT2D eigenvalue weighted by Gasteiger charge is -2.16. The number of rotatable bonds is 6. The van der Waals surface area contributed by atoms with Crippen molar-refractivity contribution >= 4 is 40.3 Å². The molecule has 2 aliphatic rings. The van der Waals surface area contributed by atoms with Gasteiger partial charge in [0.15, 0.2) is 5.17 Å². The maximum absolute atomic E-state index is 12.6. The maximum Gasteiger partial charge on any atom is 0.262 e. The molecule has 3 amide bonds. The normalized spacial score (nSPS) is 18.7. The molecule has 2 atom stereocenters. The summed E-state index contributed by atoms with van der Waals surface area (Å²) in [6.07, 6.45) is 2.29. The van der Waals surface area contributed by atoms with E-state index in [0.29, 0.717) is 11.3 Å². The Morgan fingerprint density at radius 2 is 1.76 bits per heavy atom. The molecule has 33 heavy (non-hydrogen) atoms. The number of likely N-dealkylation sites (tertiary alicyclic amines) is 1. The van der Waals surface area contributed by atoms with Crippen LogP contribution in [0, 0.1) is 6.92 Å². The molecule has 0 bridgehead atoms. The first-order valence-electron chi connectivity index (χ1n) is 11.2. The maximum atomic E-state index is 12.6. The van der Waals surface area contributed by atoms with Crippen molar-refractivity contribution in [1.29, 1.82) is 0 Å². The van der Waals surface area contributed by atoms with Crippen molar-refractivity contribution < 1.29 is 14.4 Å². The van der Waals surface area contributed by atoms with E-state index in [4.69, 9.17) is 0 Å². The molecule has 4 rings (SSSR count). The third kappa shape index (κ3) is 5.82. The van der Waals surface area contributed by atoms with Crippen LogP contribution in [0.4, 0.5) is 5.69 Å². The predicted molar refractivity (Wildman–Crippen MR) is 131 cm³/mol. The molecule has 2 aromatic rings. The smallest absolute Gasteiger partial charge is 0.262 e. The number of aryl methyl sites for hydroxylation is 1. The summed E-state index contributed by atoms with van der Waals surface area (Å²) in [5.74, 6) is -0.670. The summed E-state index contributed by atoms with van der Waals surface area (Å²) in [5, 5.41) is 6.06. The van der Waals surface area contributed by atoms with Crippen molar-refractivity contribution in [3.63, 3.8) is 0 Å².